The summed E-state index contributed by atoms with van der Waals surface area (Å²) in [5.74, 6) is 0.547. The minimum Gasteiger partial charge on any atom is -0.491 e. The lowest BCUT2D eigenvalue weighted by molar-refractivity contribution is -0.384. The number of ether oxygens (including phenoxy) is 1. The second kappa shape index (κ2) is 6.67. The first-order chi connectivity index (χ1) is 9.19. The maximum atomic E-state index is 10.6. The minimum atomic E-state index is -0.635. The Morgan fingerprint density at radius 1 is 1.45 bits per heavy atom. The Labute approximate surface area is 118 Å². The van der Waals surface area contributed by atoms with E-state index >= 15 is 0 Å². The summed E-state index contributed by atoms with van der Waals surface area (Å²) in [7, 11) is 0. The van der Waals surface area contributed by atoms with Crippen LogP contribution in [0.15, 0.2) is 18.2 Å². The molecule has 0 saturated carbocycles. The zero-order valence-electron chi connectivity index (χ0n) is 12.3. The average Bonchev–Trinajstić information content (AvgIpc) is 2.33. The topological polar surface area (TPSA) is 84.6 Å². The normalized spacial score (nSPS) is 13.1. The zero-order chi connectivity index (χ0) is 15.3. The molecule has 0 fully saturated rings. The third kappa shape index (κ3) is 5.54. The van der Waals surface area contributed by atoms with Crippen LogP contribution in [0.5, 0.6) is 5.75 Å². The zero-order valence-corrected chi connectivity index (χ0v) is 12.3. The van der Waals surface area contributed by atoms with Gasteiger partial charge in [0.05, 0.1) is 4.92 Å². The standard InChI is InChI=1S/C14H22N2O4/c1-10-7-11(16(18)19)5-6-13(10)20-9-12(17)8-15-14(2,3)4/h5-7,12,15,17H,8-9H2,1-4H3. The number of nitrogens with one attached hydrogen (secondary N) is 1. The molecule has 1 unspecified atom stereocenters. The Morgan fingerprint density at radius 2 is 2.10 bits per heavy atom. The van der Waals surface area contributed by atoms with Gasteiger partial charge in [0.15, 0.2) is 0 Å². The first-order valence-electron chi connectivity index (χ1n) is 6.50. The number of aliphatic hydroxyl groups is 1. The quantitative estimate of drug-likeness (QED) is 0.616. The lowest BCUT2D eigenvalue weighted by Crippen LogP contribution is -2.42. The molecule has 1 rings (SSSR count). The predicted molar refractivity (Wildman–Crippen MR) is 77.1 cm³/mol. The van der Waals surface area contributed by atoms with Crippen LogP contribution in [-0.4, -0.2) is 34.8 Å². The second-order valence-electron chi connectivity index (χ2n) is 5.80. The minimum absolute atomic E-state index is 0.0322. The van der Waals surface area contributed by atoms with Crippen molar-refractivity contribution in [3.05, 3.63) is 33.9 Å². The van der Waals surface area contributed by atoms with Gasteiger partial charge >= 0.3 is 0 Å². The van der Waals surface area contributed by atoms with Gasteiger partial charge < -0.3 is 15.2 Å². The van der Waals surface area contributed by atoms with Crippen LogP contribution < -0.4 is 10.1 Å². The molecular formula is C14H22N2O4. The number of non-ortho nitro benzene ring substituents is 1. The van der Waals surface area contributed by atoms with Crippen LogP contribution in [0.3, 0.4) is 0 Å². The SMILES string of the molecule is Cc1cc([N+](=O)[O-])ccc1OCC(O)CNC(C)(C)C. The molecule has 1 atom stereocenters. The van der Waals surface area contributed by atoms with Gasteiger partial charge in [0, 0.05) is 24.2 Å². The van der Waals surface area contributed by atoms with Crippen LogP contribution in [0.1, 0.15) is 26.3 Å². The van der Waals surface area contributed by atoms with Crippen molar-refractivity contribution >= 4 is 5.69 Å². The fourth-order valence-corrected chi connectivity index (χ4v) is 1.58. The monoisotopic (exact) mass is 282 g/mol. The Hall–Kier alpha value is -1.66. The molecule has 6 nitrogen and oxygen atoms in total. The van der Waals surface area contributed by atoms with E-state index in [2.05, 4.69) is 5.32 Å². The lowest BCUT2D eigenvalue weighted by atomic mass is 10.1. The number of nitrogens with zero attached hydrogens (tertiary/aromatic N) is 1. The summed E-state index contributed by atoms with van der Waals surface area (Å²) in [6, 6.07) is 4.40. The molecule has 0 aliphatic rings. The van der Waals surface area contributed by atoms with Crippen LogP contribution in [-0.2, 0) is 0 Å². The van der Waals surface area contributed by atoms with Crippen LogP contribution in [0, 0.1) is 17.0 Å². The number of nitro benzene ring substituents is 1. The highest BCUT2D eigenvalue weighted by molar-refractivity contribution is 5.42. The number of benzene rings is 1. The summed E-state index contributed by atoms with van der Waals surface area (Å²) < 4.78 is 5.49. The van der Waals surface area contributed by atoms with Crippen LogP contribution in [0.4, 0.5) is 5.69 Å². The molecule has 20 heavy (non-hydrogen) atoms. The number of nitro groups is 1. The number of β-amino-alcohol motifs (C(OH)–C–C–N with tert-alkyl or cyclic N) is 1. The van der Waals surface area contributed by atoms with E-state index in [-0.39, 0.29) is 17.8 Å². The van der Waals surface area contributed by atoms with Gasteiger partial charge in [0.25, 0.3) is 5.69 Å². The van der Waals surface area contributed by atoms with Crippen molar-refractivity contribution in [3.63, 3.8) is 0 Å². The van der Waals surface area contributed by atoms with Crippen LogP contribution >= 0.6 is 0 Å². The number of aryl methyl sites for hydroxylation is 1. The number of hydrogen-bond acceptors (Lipinski definition) is 5. The molecule has 112 valence electrons. The van der Waals surface area contributed by atoms with Crippen molar-refractivity contribution in [1.82, 2.24) is 5.32 Å². The van der Waals surface area contributed by atoms with Crippen LogP contribution in [0.25, 0.3) is 0 Å². The van der Waals surface area contributed by atoms with Crippen LogP contribution in [0.2, 0.25) is 0 Å². The molecule has 2 N–H and O–H groups in total. The molecule has 0 aromatic heterocycles. The molecule has 0 spiro atoms. The summed E-state index contributed by atoms with van der Waals surface area (Å²) in [6.45, 7) is 8.35. The Kier molecular flexibility index (Phi) is 5.47. The third-order valence-corrected chi connectivity index (χ3v) is 2.67. The lowest BCUT2D eigenvalue weighted by Gasteiger charge is -2.23. The molecule has 0 bridgehead atoms. The molecule has 0 radical (unpaired) electrons. The molecule has 0 aliphatic heterocycles. The van der Waals surface area contributed by atoms with Gasteiger partial charge in [-0.3, -0.25) is 10.1 Å². The van der Waals surface area contributed by atoms with E-state index in [1.807, 2.05) is 20.8 Å². The van der Waals surface area contributed by atoms with E-state index in [9.17, 15) is 15.2 Å². The molecule has 1 aromatic carbocycles. The van der Waals surface area contributed by atoms with Crippen molar-refractivity contribution in [3.8, 4) is 5.75 Å². The van der Waals surface area contributed by atoms with Crippen molar-refractivity contribution in [2.24, 2.45) is 0 Å². The Balaban J connectivity index is 2.51. The number of hydrogen-bond donors (Lipinski definition) is 2. The molecular weight excluding hydrogens is 260 g/mol. The summed E-state index contributed by atoms with van der Waals surface area (Å²) >= 11 is 0. The fraction of sp³-hybridized carbons (Fsp3) is 0.571. The molecule has 0 amide bonds. The molecule has 1 aromatic rings. The summed E-state index contributed by atoms with van der Waals surface area (Å²) in [6.07, 6.45) is -0.635. The van der Waals surface area contributed by atoms with E-state index in [0.29, 0.717) is 17.9 Å². The van der Waals surface area contributed by atoms with Crippen molar-refractivity contribution in [1.29, 1.82) is 0 Å². The first-order valence-corrected chi connectivity index (χ1v) is 6.50. The molecule has 0 heterocycles. The Bertz CT molecular complexity index is 469. The van der Waals surface area contributed by atoms with Gasteiger partial charge in [-0.1, -0.05) is 0 Å². The van der Waals surface area contributed by atoms with E-state index in [0.717, 1.165) is 0 Å². The highest BCUT2D eigenvalue weighted by Crippen LogP contribution is 2.23. The summed E-state index contributed by atoms with van der Waals surface area (Å²) in [5.41, 5.74) is 0.643. The molecule has 0 aliphatic carbocycles. The number of rotatable bonds is 6. The van der Waals surface area contributed by atoms with Gasteiger partial charge in [-0.25, -0.2) is 0 Å². The Morgan fingerprint density at radius 3 is 2.60 bits per heavy atom. The third-order valence-electron chi connectivity index (χ3n) is 2.67. The maximum Gasteiger partial charge on any atom is 0.269 e. The average molecular weight is 282 g/mol. The maximum absolute atomic E-state index is 10.6. The van der Waals surface area contributed by atoms with E-state index in [1.165, 1.54) is 12.1 Å². The van der Waals surface area contributed by atoms with Gasteiger partial charge in [0.2, 0.25) is 0 Å². The predicted octanol–water partition coefficient (Wildman–Crippen LogP) is 2.03. The summed E-state index contributed by atoms with van der Waals surface area (Å²) in [4.78, 5) is 10.2. The van der Waals surface area contributed by atoms with Crippen molar-refractivity contribution in [2.45, 2.75) is 39.3 Å². The number of aliphatic hydroxyl groups excluding tert-OH is 1. The molecule has 6 heteroatoms. The van der Waals surface area contributed by atoms with Crippen molar-refractivity contribution < 1.29 is 14.8 Å². The molecule has 0 saturated heterocycles. The fourth-order valence-electron chi connectivity index (χ4n) is 1.58. The second-order valence-corrected chi connectivity index (χ2v) is 5.80. The van der Waals surface area contributed by atoms with E-state index in [1.54, 1.807) is 13.0 Å². The van der Waals surface area contributed by atoms with Gasteiger partial charge in [0.1, 0.15) is 18.5 Å². The largest absolute Gasteiger partial charge is 0.491 e. The van der Waals surface area contributed by atoms with Crippen molar-refractivity contribution in [2.75, 3.05) is 13.2 Å². The van der Waals surface area contributed by atoms with Gasteiger partial charge in [-0.2, -0.15) is 0 Å². The van der Waals surface area contributed by atoms with Gasteiger partial charge in [-0.15, -0.1) is 0 Å². The highest BCUT2D eigenvalue weighted by Gasteiger charge is 2.14. The van der Waals surface area contributed by atoms with Gasteiger partial charge in [-0.05, 0) is 39.3 Å². The first kappa shape index (κ1) is 16.4. The van der Waals surface area contributed by atoms with E-state index < -0.39 is 11.0 Å². The highest BCUT2D eigenvalue weighted by atomic mass is 16.6. The smallest absolute Gasteiger partial charge is 0.269 e. The van der Waals surface area contributed by atoms with E-state index in [4.69, 9.17) is 4.74 Å². The summed E-state index contributed by atoms with van der Waals surface area (Å²) in [5, 5.41) is 23.6.